The maximum atomic E-state index is 13.0. The smallest absolute Gasteiger partial charge is 0.221 e. The van der Waals surface area contributed by atoms with E-state index in [-0.39, 0.29) is 10.9 Å². The number of alkyl halides is 3. The average molecular weight is 338 g/mol. The molecule has 0 unspecified atom stereocenters. The van der Waals surface area contributed by atoms with Crippen molar-refractivity contribution in [1.82, 2.24) is 9.97 Å². The first-order chi connectivity index (χ1) is 10.5. The molecule has 0 amide bonds. The van der Waals surface area contributed by atoms with Crippen molar-refractivity contribution in [2.24, 2.45) is 0 Å². The van der Waals surface area contributed by atoms with Gasteiger partial charge in [-0.15, -0.1) is 11.3 Å². The van der Waals surface area contributed by atoms with Crippen LogP contribution in [0.15, 0.2) is 64.0 Å². The third-order valence-electron chi connectivity index (χ3n) is 2.72. The van der Waals surface area contributed by atoms with Crippen LogP contribution in [-0.2, 0) is 6.18 Å². The van der Waals surface area contributed by atoms with Crippen molar-refractivity contribution in [3.05, 3.63) is 59.6 Å². The standard InChI is InChI=1S/C15H9F3N2S2/c16-15(17,18)13-9-11(12-7-4-8-21-12)19-14(20-13)22-10-5-2-1-3-6-10/h1-9H. The molecule has 0 bridgehead atoms. The normalized spacial score (nSPS) is 11.6. The minimum Gasteiger partial charge on any atom is -0.221 e. The maximum Gasteiger partial charge on any atom is 0.433 e. The van der Waals surface area contributed by atoms with E-state index in [0.29, 0.717) is 4.88 Å². The second-order valence-electron chi connectivity index (χ2n) is 4.31. The van der Waals surface area contributed by atoms with E-state index in [1.807, 2.05) is 18.2 Å². The molecule has 2 aromatic heterocycles. The van der Waals surface area contributed by atoms with Gasteiger partial charge < -0.3 is 0 Å². The zero-order valence-corrected chi connectivity index (χ0v) is 12.7. The lowest BCUT2D eigenvalue weighted by Crippen LogP contribution is -2.09. The van der Waals surface area contributed by atoms with E-state index in [1.54, 1.807) is 29.6 Å². The molecule has 7 heteroatoms. The molecule has 2 nitrogen and oxygen atoms in total. The minimum absolute atomic E-state index is 0.0874. The summed E-state index contributed by atoms with van der Waals surface area (Å²) in [5.41, 5.74) is -0.639. The molecule has 2 heterocycles. The Kier molecular flexibility index (Phi) is 4.17. The summed E-state index contributed by atoms with van der Waals surface area (Å²) in [6.45, 7) is 0. The summed E-state index contributed by atoms with van der Waals surface area (Å²) in [6.07, 6.45) is -4.50. The van der Waals surface area contributed by atoms with Gasteiger partial charge in [-0.3, -0.25) is 0 Å². The fourth-order valence-electron chi connectivity index (χ4n) is 1.76. The first-order valence-electron chi connectivity index (χ1n) is 6.25. The number of nitrogens with zero attached hydrogens (tertiary/aromatic N) is 2. The molecule has 0 aliphatic heterocycles. The van der Waals surface area contributed by atoms with Crippen molar-refractivity contribution in [1.29, 1.82) is 0 Å². The van der Waals surface area contributed by atoms with Crippen LogP contribution in [0.1, 0.15) is 5.69 Å². The predicted octanol–water partition coefficient (Wildman–Crippen LogP) is 5.38. The van der Waals surface area contributed by atoms with Crippen molar-refractivity contribution in [3.63, 3.8) is 0 Å². The number of aromatic nitrogens is 2. The van der Waals surface area contributed by atoms with Crippen molar-refractivity contribution in [3.8, 4) is 10.6 Å². The first-order valence-corrected chi connectivity index (χ1v) is 7.95. The molecule has 0 saturated carbocycles. The molecular formula is C15H9F3N2S2. The van der Waals surface area contributed by atoms with Crippen LogP contribution in [-0.4, -0.2) is 9.97 Å². The Labute approximate surface area is 133 Å². The summed E-state index contributed by atoms with van der Waals surface area (Å²) in [4.78, 5) is 9.36. The van der Waals surface area contributed by atoms with Gasteiger partial charge in [0.1, 0.15) is 5.69 Å². The minimum atomic E-state index is -4.50. The van der Waals surface area contributed by atoms with Gasteiger partial charge in [0, 0.05) is 4.90 Å². The van der Waals surface area contributed by atoms with E-state index in [4.69, 9.17) is 0 Å². The third-order valence-corrected chi connectivity index (χ3v) is 4.49. The van der Waals surface area contributed by atoms with E-state index in [0.717, 1.165) is 22.7 Å². The molecule has 0 fully saturated rings. The Morgan fingerprint density at radius 2 is 1.73 bits per heavy atom. The van der Waals surface area contributed by atoms with Crippen molar-refractivity contribution in [2.75, 3.05) is 0 Å². The Hall–Kier alpha value is -1.86. The van der Waals surface area contributed by atoms with Crippen LogP contribution >= 0.6 is 23.1 Å². The largest absolute Gasteiger partial charge is 0.433 e. The summed E-state index contributed by atoms with van der Waals surface area (Å²) in [7, 11) is 0. The molecule has 112 valence electrons. The van der Waals surface area contributed by atoms with Crippen molar-refractivity contribution >= 4 is 23.1 Å². The summed E-state index contributed by atoms with van der Waals surface area (Å²) in [5, 5.41) is 1.89. The van der Waals surface area contributed by atoms with Crippen LogP contribution in [0.25, 0.3) is 10.6 Å². The molecule has 0 saturated heterocycles. The lowest BCUT2D eigenvalue weighted by Gasteiger charge is -2.09. The molecule has 0 radical (unpaired) electrons. The molecule has 1 aromatic carbocycles. The summed E-state index contributed by atoms with van der Waals surface area (Å²) in [6, 6.07) is 13.6. The van der Waals surface area contributed by atoms with Gasteiger partial charge in [0.05, 0.1) is 10.6 Å². The van der Waals surface area contributed by atoms with Gasteiger partial charge in [-0.2, -0.15) is 13.2 Å². The Morgan fingerprint density at radius 1 is 0.955 bits per heavy atom. The summed E-state index contributed by atoms with van der Waals surface area (Å²) >= 11 is 2.46. The molecule has 22 heavy (non-hydrogen) atoms. The van der Waals surface area contributed by atoms with Crippen LogP contribution in [0.5, 0.6) is 0 Å². The molecule has 3 rings (SSSR count). The highest BCUT2D eigenvalue weighted by atomic mass is 32.2. The van der Waals surface area contributed by atoms with Gasteiger partial charge >= 0.3 is 6.18 Å². The van der Waals surface area contributed by atoms with Crippen LogP contribution in [0.3, 0.4) is 0 Å². The number of rotatable bonds is 3. The monoisotopic (exact) mass is 338 g/mol. The molecule has 0 N–H and O–H groups in total. The van der Waals surface area contributed by atoms with Crippen LogP contribution < -0.4 is 0 Å². The van der Waals surface area contributed by atoms with Gasteiger partial charge in [0.25, 0.3) is 0 Å². The Morgan fingerprint density at radius 3 is 2.36 bits per heavy atom. The number of thiophene rings is 1. The van der Waals surface area contributed by atoms with Crippen molar-refractivity contribution < 1.29 is 13.2 Å². The number of halogens is 3. The maximum absolute atomic E-state index is 13.0. The van der Waals surface area contributed by atoms with Crippen molar-refractivity contribution in [2.45, 2.75) is 16.2 Å². The first kappa shape index (κ1) is 15.1. The molecule has 0 aliphatic rings. The topological polar surface area (TPSA) is 25.8 Å². The second-order valence-corrected chi connectivity index (χ2v) is 6.30. The van der Waals surface area contributed by atoms with Crippen LogP contribution in [0.4, 0.5) is 13.2 Å². The predicted molar refractivity (Wildman–Crippen MR) is 80.9 cm³/mol. The highest BCUT2D eigenvalue weighted by Crippen LogP contribution is 2.34. The van der Waals surface area contributed by atoms with Crippen LogP contribution in [0.2, 0.25) is 0 Å². The Balaban J connectivity index is 2.04. The van der Waals surface area contributed by atoms with E-state index >= 15 is 0 Å². The second kappa shape index (κ2) is 6.10. The average Bonchev–Trinajstić information content (AvgIpc) is 3.01. The fraction of sp³-hybridized carbons (Fsp3) is 0.0667. The van der Waals surface area contributed by atoms with Gasteiger partial charge in [-0.1, -0.05) is 24.3 Å². The van der Waals surface area contributed by atoms with Gasteiger partial charge in [0.2, 0.25) is 0 Å². The zero-order chi connectivity index (χ0) is 15.6. The number of benzene rings is 1. The SMILES string of the molecule is FC(F)(F)c1cc(-c2cccs2)nc(Sc2ccccc2)n1. The quantitative estimate of drug-likeness (QED) is 0.600. The molecule has 3 aromatic rings. The summed E-state index contributed by atoms with van der Waals surface area (Å²) < 4.78 is 39.1. The van der Waals surface area contributed by atoms with Gasteiger partial charge in [-0.05, 0) is 41.4 Å². The molecule has 0 aliphatic carbocycles. The van der Waals surface area contributed by atoms with Gasteiger partial charge in [0.15, 0.2) is 5.16 Å². The van der Waals surface area contributed by atoms with E-state index in [1.165, 1.54) is 11.3 Å². The van der Waals surface area contributed by atoms with Crippen LogP contribution in [0, 0.1) is 0 Å². The number of hydrogen-bond donors (Lipinski definition) is 0. The highest BCUT2D eigenvalue weighted by molar-refractivity contribution is 7.99. The van der Waals surface area contributed by atoms with Gasteiger partial charge in [-0.25, -0.2) is 9.97 Å². The Bertz CT molecular complexity index is 756. The summed E-state index contributed by atoms with van der Waals surface area (Å²) in [5.74, 6) is 0. The van der Waals surface area contributed by atoms with E-state index in [2.05, 4.69) is 9.97 Å². The zero-order valence-electron chi connectivity index (χ0n) is 11.0. The lowest BCUT2D eigenvalue weighted by atomic mass is 10.3. The molecule has 0 atom stereocenters. The van der Waals surface area contributed by atoms with E-state index in [9.17, 15) is 13.2 Å². The third kappa shape index (κ3) is 3.48. The molecule has 0 spiro atoms. The highest BCUT2D eigenvalue weighted by Gasteiger charge is 2.34. The fourth-order valence-corrected chi connectivity index (χ4v) is 3.24. The lowest BCUT2D eigenvalue weighted by molar-refractivity contribution is -0.141. The number of hydrogen-bond acceptors (Lipinski definition) is 4. The molecular weight excluding hydrogens is 329 g/mol. The van der Waals surface area contributed by atoms with E-state index < -0.39 is 11.9 Å².